The first-order valence-electron chi connectivity index (χ1n) is 7.39. The maximum Gasteiger partial charge on any atom is 0.0641 e. The molecule has 3 heteroatoms. The van der Waals surface area contributed by atoms with Crippen molar-refractivity contribution < 1.29 is 4.74 Å². The molecule has 1 saturated heterocycles. The van der Waals surface area contributed by atoms with Gasteiger partial charge in [-0.15, -0.1) is 0 Å². The molecule has 108 valence electrons. The van der Waals surface area contributed by atoms with Crippen LogP contribution in [-0.4, -0.2) is 49.3 Å². The van der Waals surface area contributed by atoms with Gasteiger partial charge in [0.15, 0.2) is 0 Å². The van der Waals surface area contributed by atoms with Gasteiger partial charge >= 0.3 is 0 Å². The molecular weight excluding hydrogens is 224 g/mol. The van der Waals surface area contributed by atoms with Crippen LogP contribution in [0.1, 0.15) is 47.5 Å². The molecule has 0 spiro atoms. The third kappa shape index (κ3) is 4.22. The Balaban J connectivity index is 2.69. The summed E-state index contributed by atoms with van der Waals surface area (Å²) in [7, 11) is 1.80. The van der Waals surface area contributed by atoms with Gasteiger partial charge in [-0.2, -0.15) is 0 Å². The maximum atomic E-state index is 5.41. The van der Waals surface area contributed by atoms with Crippen LogP contribution < -0.4 is 5.32 Å². The van der Waals surface area contributed by atoms with E-state index >= 15 is 0 Å². The van der Waals surface area contributed by atoms with Crippen LogP contribution in [-0.2, 0) is 4.74 Å². The molecule has 18 heavy (non-hydrogen) atoms. The van der Waals surface area contributed by atoms with Gasteiger partial charge in [0.1, 0.15) is 0 Å². The molecule has 0 bridgehead atoms. The highest BCUT2D eigenvalue weighted by Gasteiger charge is 2.36. The van der Waals surface area contributed by atoms with Crippen molar-refractivity contribution in [3.63, 3.8) is 0 Å². The third-order valence-corrected chi connectivity index (χ3v) is 4.00. The lowest BCUT2D eigenvalue weighted by Gasteiger charge is -2.49. The van der Waals surface area contributed by atoms with Crippen LogP contribution in [0.5, 0.6) is 0 Å². The predicted octanol–water partition coefficient (Wildman–Crippen LogP) is 2.51. The Bertz CT molecular complexity index is 241. The van der Waals surface area contributed by atoms with Crippen LogP contribution in [0.4, 0.5) is 0 Å². The number of methoxy groups -OCH3 is 1. The number of hydrogen-bond donors (Lipinski definition) is 1. The highest BCUT2D eigenvalue weighted by atomic mass is 16.5. The minimum atomic E-state index is 0.132. The van der Waals surface area contributed by atoms with Gasteiger partial charge in [0.2, 0.25) is 0 Å². The number of nitrogens with zero attached hydrogens (tertiary/aromatic N) is 1. The molecule has 0 aromatic heterocycles. The molecule has 0 amide bonds. The summed E-state index contributed by atoms with van der Waals surface area (Å²) < 4.78 is 5.41. The summed E-state index contributed by atoms with van der Waals surface area (Å²) in [5.41, 5.74) is 0.132. The second-order valence-corrected chi connectivity index (χ2v) is 6.69. The van der Waals surface area contributed by atoms with Crippen LogP contribution in [0.3, 0.4) is 0 Å². The fraction of sp³-hybridized carbons (Fsp3) is 1.00. The summed E-state index contributed by atoms with van der Waals surface area (Å²) in [4.78, 5) is 2.65. The molecule has 3 nitrogen and oxygen atoms in total. The Labute approximate surface area is 113 Å². The molecule has 2 atom stereocenters. The second kappa shape index (κ2) is 6.88. The summed E-state index contributed by atoms with van der Waals surface area (Å²) in [6.45, 7) is 14.6. The highest BCUT2D eigenvalue weighted by molar-refractivity contribution is 4.94. The topological polar surface area (TPSA) is 24.5 Å². The van der Waals surface area contributed by atoms with Gasteiger partial charge in [-0.1, -0.05) is 20.8 Å². The van der Waals surface area contributed by atoms with Crippen LogP contribution in [0.25, 0.3) is 0 Å². The predicted molar refractivity (Wildman–Crippen MR) is 78.0 cm³/mol. The molecule has 1 aliphatic heterocycles. The van der Waals surface area contributed by atoms with Gasteiger partial charge in [0, 0.05) is 37.8 Å². The quantitative estimate of drug-likeness (QED) is 0.790. The van der Waals surface area contributed by atoms with E-state index in [2.05, 4.69) is 44.8 Å². The first-order chi connectivity index (χ1) is 8.40. The Hall–Kier alpha value is -0.120. The van der Waals surface area contributed by atoms with Crippen molar-refractivity contribution in [2.75, 3.05) is 26.8 Å². The number of nitrogens with one attached hydrogen (secondary N) is 1. The van der Waals surface area contributed by atoms with Crippen molar-refractivity contribution in [1.29, 1.82) is 0 Å². The molecule has 1 aliphatic rings. The fourth-order valence-corrected chi connectivity index (χ4v) is 3.13. The number of rotatable bonds is 6. The zero-order chi connectivity index (χ0) is 13.8. The standard InChI is InChI=1S/C15H32N2O/c1-7-14-9-16-13(8-12(2)3)10-17(14)15(4,5)11-18-6/h12-14,16H,7-11H2,1-6H3. The number of ether oxygens (including phenoxy) is 1. The molecule has 1 fully saturated rings. The minimum absolute atomic E-state index is 0.132. The van der Waals surface area contributed by atoms with Crippen molar-refractivity contribution in [1.82, 2.24) is 10.2 Å². The molecule has 0 radical (unpaired) electrons. The van der Waals surface area contributed by atoms with Gasteiger partial charge in [-0.25, -0.2) is 0 Å². The van der Waals surface area contributed by atoms with Crippen molar-refractivity contribution in [3.8, 4) is 0 Å². The van der Waals surface area contributed by atoms with E-state index < -0.39 is 0 Å². The zero-order valence-corrected chi connectivity index (χ0v) is 13.1. The van der Waals surface area contributed by atoms with Gasteiger partial charge in [-0.3, -0.25) is 4.90 Å². The summed E-state index contributed by atoms with van der Waals surface area (Å²) in [6.07, 6.45) is 2.46. The third-order valence-electron chi connectivity index (χ3n) is 4.00. The summed E-state index contributed by atoms with van der Waals surface area (Å²) in [5, 5.41) is 3.71. The first kappa shape index (κ1) is 15.9. The van der Waals surface area contributed by atoms with E-state index in [0.29, 0.717) is 12.1 Å². The molecule has 0 aromatic rings. The second-order valence-electron chi connectivity index (χ2n) is 6.69. The lowest BCUT2D eigenvalue weighted by Crippen LogP contribution is -2.63. The Kier molecular flexibility index (Phi) is 6.09. The molecular formula is C15H32N2O. The zero-order valence-electron chi connectivity index (χ0n) is 13.1. The summed E-state index contributed by atoms with van der Waals surface area (Å²) >= 11 is 0. The molecule has 0 saturated carbocycles. The van der Waals surface area contributed by atoms with Gasteiger partial charge < -0.3 is 10.1 Å². The van der Waals surface area contributed by atoms with Crippen LogP contribution in [0, 0.1) is 5.92 Å². The molecule has 0 aliphatic carbocycles. The van der Waals surface area contributed by atoms with E-state index in [9.17, 15) is 0 Å². The monoisotopic (exact) mass is 256 g/mol. The van der Waals surface area contributed by atoms with E-state index in [1.807, 2.05) is 0 Å². The summed E-state index contributed by atoms with van der Waals surface area (Å²) in [6, 6.07) is 1.27. The number of piperazine rings is 1. The molecule has 0 aromatic carbocycles. The Morgan fingerprint density at radius 2 is 2.06 bits per heavy atom. The first-order valence-corrected chi connectivity index (χ1v) is 7.39. The Morgan fingerprint density at radius 3 is 2.56 bits per heavy atom. The normalized spacial score (nSPS) is 26.8. The lowest BCUT2D eigenvalue weighted by molar-refractivity contribution is -0.0198. The minimum Gasteiger partial charge on any atom is -0.383 e. The van der Waals surface area contributed by atoms with Gasteiger partial charge in [0.05, 0.1) is 6.61 Å². The molecule has 1 N–H and O–H groups in total. The van der Waals surface area contributed by atoms with Crippen molar-refractivity contribution in [2.45, 2.75) is 65.1 Å². The number of hydrogen-bond acceptors (Lipinski definition) is 3. The highest BCUT2D eigenvalue weighted by Crippen LogP contribution is 2.24. The van der Waals surface area contributed by atoms with E-state index in [-0.39, 0.29) is 5.54 Å². The van der Waals surface area contributed by atoms with Crippen LogP contribution in [0.2, 0.25) is 0 Å². The average Bonchev–Trinajstić information content (AvgIpc) is 2.28. The average molecular weight is 256 g/mol. The Morgan fingerprint density at radius 1 is 1.39 bits per heavy atom. The van der Waals surface area contributed by atoms with E-state index in [1.165, 1.54) is 12.8 Å². The molecule has 1 heterocycles. The summed E-state index contributed by atoms with van der Waals surface area (Å²) in [5.74, 6) is 0.757. The van der Waals surface area contributed by atoms with E-state index in [0.717, 1.165) is 25.6 Å². The molecule has 2 unspecified atom stereocenters. The largest absolute Gasteiger partial charge is 0.383 e. The SMILES string of the molecule is CCC1CNC(CC(C)C)CN1C(C)(C)COC. The van der Waals surface area contributed by atoms with Gasteiger partial charge in [-0.05, 0) is 32.6 Å². The van der Waals surface area contributed by atoms with Crippen molar-refractivity contribution >= 4 is 0 Å². The fourth-order valence-electron chi connectivity index (χ4n) is 3.13. The van der Waals surface area contributed by atoms with Crippen molar-refractivity contribution in [2.24, 2.45) is 5.92 Å². The van der Waals surface area contributed by atoms with E-state index in [1.54, 1.807) is 7.11 Å². The molecule has 1 rings (SSSR count). The van der Waals surface area contributed by atoms with Crippen LogP contribution >= 0.6 is 0 Å². The van der Waals surface area contributed by atoms with Gasteiger partial charge in [0.25, 0.3) is 0 Å². The van der Waals surface area contributed by atoms with E-state index in [4.69, 9.17) is 4.74 Å². The van der Waals surface area contributed by atoms with Crippen LogP contribution in [0.15, 0.2) is 0 Å². The maximum absolute atomic E-state index is 5.41. The smallest absolute Gasteiger partial charge is 0.0641 e. The lowest BCUT2D eigenvalue weighted by atomic mass is 9.93. The van der Waals surface area contributed by atoms with Crippen molar-refractivity contribution in [3.05, 3.63) is 0 Å².